The molecule has 1 saturated carbocycles. The Labute approximate surface area is 160 Å². The van der Waals surface area contributed by atoms with Crippen molar-refractivity contribution in [2.24, 2.45) is 5.92 Å². The van der Waals surface area contributed by atoms with E-state index in [9.17, 15) is 4.79 Å². The van der Waals surface area contributed by atoms with Crippen molar-refractivity contribution >= 4 is 23.6 Å². The Balaban J connectivity index is 1.72. The second-order valence-electron chi connectivity index (χ2n) is 6.99. The average Bonchev–Trinajstić information content (AvgIpc) is 3.41. The van der Waals surface area contributed by atoms with Crippen LogP contribution >= 0.6 is 11.6 Å². The second kappa shape index (κ2) is 8.54. The fourth-order valence-electron chi connectivity index (χ4n) is 3.05. The molecule has 2 aromatic rings. The number of rotatable bonds is 8. The van der Waals surface area contributed by atoms with Gasteiger partial charge in [-0.25, -0.2) is 4.68 Å². The van der Waals surface area contributed by atoms with Crippen molar-refractivity contribution < 1.29 is 4.79 Å². The predicted octanol–water partition coefficient (Wildman–Crippen LogP) is 4.56. The number of hydrogen-bond donors (Lipinski definition) is 0. The minimum Gasteiger partial charge on any atom is -0.339 e. The number of nitrogens with zero attached hydrogens (tertiary/aromatic N) is 3. The zero-order valence-electron chi connectivity index (χ0n) is 15.5. The normalized spacial score (nSPS) is 14.1. The van der Waals surface area contributed by atoms with Gasteiger partial charge in [-0.15, -0.1) is 0 Å². The van der Waals surface area contributed by atoms with Gasteiger partial charge < -0.3 is 4.90 Å². The molecule has 1 amide bonds. The highest BCUT2D eigenvalue weighted by atomic mass is 35.5. The van der Waals surface area contributed by atoms with E-state index in [1.165, 1.54) is 12.8 Å². The van der Waals surface area contributed by atoms with Crippen LogP contribution in [0.15, 0.2) is 36.4 Å². The van der Waals surface area contributed by atoms with Gasteiger partial charge in [-0.05, 0) is 43.7 Å². The Morgan fingerprint density at radius 2 is 2.08 bits per heavy atom. The van der Waals surface area contributed by atoms with Gasteiger partial charge in [0.25, 0.3) is 0 Å². The van der Waals surface area contributed by atoms with Gasteiger partial charge in [0.05, 0.1) is 12.2 Å². The van der Waals surface area contributed by atoms with Gasteiger partial charge in [0.1, 0.15) is 5.15 Å². The van der Waals surface area contributed by atoms with Crippen molar-refractivity contribution in [2.45, 2.75) is 39.7 Å². The van der Waals surface area contributed by atoms with E-state index in [1.54, 1.807) is 10.8 Å². The monoisotopic (exact) mass is 371 g/mol. The zero-order chi connectivity index (χ0) is 18.5. The maximum absolute atomic E-state index is 12.6. The molecule has 4 nitrogen and oxygen atoms in total. The molecule has 0 aliphatic heterocycles. The summed E-state index contributed by atoms with van der Waals surface area (Å²) in [6, 6.07) is 10.1. The molecule has 0 N–H and O–H groups in total. The van der Waals surface area contributed by atoms with Gasteiger partial charge in [0.2, 0.25) is 5.91 Å². The number of carbonyl (C=O) groups excluding carboxylic acids is 1. The van der Waals surface area contributed by atoms with Gasteiger partial charge in [0, 0.05) is 24.7 Å². The number of aryl methyl sites for hydroxylation is 1. The third-order valence-corrected chi connectivity index (χ3v) is 5.06. The molecule has 5 heteroatoms. The molecule has 1 aromatic heterocycles. The van der Waals surface area contributed by atoms with Crippen molar-refractivity contribution in [1.29, 1.82) is 0 Å². The maximum atomic E-state index is 12.6. The summed E-state index contributed by atoms with van der Waals surface area (Å²) in [4.78, 5) is 14.5. The van der Waals surface area contributed by atoms with Crippen LogP contribution in [0.1, 0.15) is 43.0 Å². The van der Waals surface area contributed by atoms with E-state index in [4.69, 9.17) is 11.6 Å². The largest absolute Gasteiger partial charge is 0.339 e. The SMILES string of the molecule is CCCN(CC1CC1)C(=O)/C=C/c1c(C)nn(Cc2ccccc2)c1Cl. The summed E-state index contributed by atoms with van der Waals surface area (Å²) in [5.74, 6) is 0.753. The number of hydrogen-bond acceptors (Lipinski definition) is 2. The van der Waals surface area contributed by atoms with Crippen LogP contribution < -0.4 is 0 Å². The molecule has 1 aromatic carbocycles. The van der Waals surface area contributed by atoms with Crippen LogP contribution in [0.3, 0.4) is 0 Å². The van der Waals surface area contributed by atoms with Crippen LogP contribution in [0.25, 0.3) is 6.08 Å². The van der Waals surface area contributed by atoms with Gasteiger partial charge in [-0.1, -0.05) is 48.9 Å². The molecule has 0 bridgehead atoms. The highest BCUT2D eigenvalue weighted by Crippen LogP contribution is 2.30. The predicted molar refractivity (Wildman–Crippen MR) is 106 cm³/mol. The first-order valence-corrected chi connectivity index (χ1v) is 9.70. The molecule has 1 aliphatic carbocycles. The lowest BCUT2D eigenvalue weighted by molar-refractivity contribution is -0.126. The zero-order valence-corrected chi connectivity index (χ0v) is 16.2. The number of aromatic nitrogens is 2. The Bertz CT molecular complexity index is 778. The van der Waals surface area contributed by atoms with Crippen LogP contribution in [-0.2, 0) is 11.3 Å². The summed E-state index contributed by atoms with van der Waals surface area (Å²) < 4.78 is 1.78. The minimum absolute atomic E-state index is 0.0602. The van der Waals surface area contributed by atoms with Gasteiger partial charge in [0.15, 0.2) is 0 Å². The summed E-state index contributed by atoms with van der Waals surface area (Å²) in [6.07, 6.45) is 6.91. The molecule has 0 radical (unpaired) electrons. The van der Waals surface area contributed by atoms with E-state index < -0.39 is 0 Å². The van der Waals surface area contributed by atoms with E-state index in [2.05, 4.69) is 12.0 Å². The average molecular weight is 372 g/mol. The molecule has 1 fully saturated rings. The lowest BCUT2D eigenvalue weighted by atomic mass is 10.2. The van der Waals surface area contributed by atoms with Gasteiger partial charge in [-0.2, -0.15) is 5.10 Å². The van der Waals surface area contributed by atoms with E-state index >= 15 is 0 Å². The van der Waals surface area contributed by atoms with Crippen LogP contribution in [0.5, 0.6) is 0 Å². The first kappa shape index (κ1) is 18.7. The molecule has 0 unspecified atom stereocenters. The van der Waals surface area contributed by atoms with E-state index in [0.29, 0.717) is 17.6 Å². The number of carbonyl (C=O) groups is 1. The minimum atomic E-state index is 0.0602. The molecule has 138 valence electrons. The lowest BCUT2D eigenvalue weighted by Gasteiger charge is -2.20. The third-order valence-electron chi connectivity index (χ3n) is 4.66. The standard InChI is InChI=1S/C21H26ClN3O/c1-3-13-24(14-18-9-10-18)20(26)12-11-19-16(2)23-25(21(19)22)15-17-7-5-4-6-8-17/h4-8,11-12,18H,3,9-10,13-15H2,1-2H3/b12-11+. The summed E-state index contributed by atoms with van der Waals surface area (Å²) in [5, 5.41) is 5.10. The molecule has 1 aliphatic rings. The second-order valence-corrected chi connectivity index (χ2v) is 7.35. The number of halogens is 1. The van der Waals surface area contributed by atoms with Crippen molar-refractivity contribution in [1.82, 2.24) is 14.7 Å². The van der Waals surface area contributed by atoms with Crippen LogP contribution in [0, 0.1) is 12.8 Å². The number of amides is 1. The van der Waals surface area contributed by atoms with E-state index in [0.717, 1.165) is 36.3 Å². The molecule has 0 spiro atoms. The van der Waals surface area contributed by atoms with Crippen molar-refractivity contribution in [3.8, 4) is 0 Å². The molecule has 0 saturated heterocycles. The topological polar surface area (TPSA) is 38.1 Å². The highest BCUT2D eigenvalue weighted by molar-refractivity contribution is 6.31. The summed E-state index contributed by atoms with van der Waals surface area (Å²) in [7, 11) is 0. The first-order chi connectivity index (χ1) is 12.6. The maximum Gasteiger partial charge on any atom is 0.246 e. The first-order valence-electron chi connectivity index (χ1n) is 9.32. The smallest absolute Gasteiger partial charge is 0.246 e. The molecule has 3 rings (SSSR count). The third kappa shape index (κ3) is 4.76. The Morgan fingerprint density at radius 3 is 2.73 bits per heavy atom. The van der Waals surface area contributed by atoms with Crippen LogP contribution in [0.4, 0.5) is 0 Å². The summed E-state index contributed by atoms with van der Waals surface area (Å²) >= 11 is 6.52. The lowest BCUT2D eigenvalue weighted by Crippen LogP contribution is -2.32. The molecular weight excluding hydrogens is 346 g/mol. The van der Waals surface area contributed by atoms with Crippen LogP contribution in [-0.4, -0.2) is 33.7 Å². The van der Waals surface area contributed by atoms with Crippen molar-refractivity contribution in [3.05, 3.63) is 58.4 Å². The molecule has 26 heavy (non-hydrogen) atoms. The van der Waals surface area contributed by atoms with E-state index in [1.807, 2.05) is 48.2 Å². The van der Waals surface area contributed by atoms with Crippen molar-refractivity contribution in [2.75, 3.05) is 13.1 Å². The fourth-order valence-corrected chi connectivity index (χ4v) is 3.35. The highest BCUT2D eigenvalue weighted by Gasteiger charge is 2.25. The Hall–Kier alpha value is -2.07. The molecule has 0 atom stereocenters. The Kier molecular flexibility index (Phi) is 6.15. The summed E-state index contributed by atoms with van der Waals surface area (Å²) in [6.45, 7) is 6.32. The van der Waals surface area contributed by atoms with Gasteiger partial charge in [-0.3, -0.25) is 4.79 Å². The van der Waals surface area contributed by atoms with Crippen molar-refractivity contribution in [3.63, 3.8) is 0 Å². The Morgan fingerprint density at radius 1 is 1.35 bits per heavy atom. The van der Waals surface area contributed by atoms with Gasteiger partial charge >= 0.3 is 0 Å². The van der Waals surface area contributed by atoms with E-state index in [-0.39, 0.29) is 5.91 Å². The fraction of sp³-hybridized carbons (Fsp3) is 0.429. The molecule has 1 heterocycles. The quantitative estimate of drug-likeness (QED) is 0.638. The summed E-state index contributed by atoms with van der Waals surface area (Å²) in [5.41, 5.74) is 2.79. The van der Waals surface area contributed by atoms with Crippen LogP contribution in [0.2, 0.25) is 5.15 Å². The number of benzene rings is 1. The molecular formula is C21H26ClN3O.